The lowest BCUT2D eigenvalue weighted by atomic mass is 10.1. The fourth-order valence-electron chi connectivity index (χ4n) is 2.38. The van der Waals surface area contributed by atoms with E-state index in [4.69, 9.17) is 14.2 Å². The van der Waals surface area contributed by atoms with Crippen molar-refractivity contribution in [2.24, 2.45) is 0 Å². The van der Waals surface area contributed by atoms with E-state index < -0.39 is 16.0 Å². The Balaban J connectivity index is 2.12. The van der Waals surface area contributed by atoms with E-state index in [2.05, 4.69) is 0 Å². The van der Waals surface area contributed by atoms with Gasteiger partial charge in [-0.2, -0.15) is 0 Å². The molecular weight excluding hydrogens is 370 g/mol. The zero-order valence-corrected chi connectivity index (χ0v) is 16.8. The number of esters is 1. The molecule has 2 rings (SSSR count). The molecule has 0 saturated heterocycles. The molecule has 146 valence electrons. The van der Waals surface area contributed by atoms with Gasteiger partial charge < -0.3 is 14.2 Å². The number of aryl methyl sites for hydroxylation is 1. The molecule has 0 spiro atoms. The summed E-state index contributed by atoms with van der Waals surface area (Å²) in [6.45, 7) is 1.94. The molecule has 0 aliphatic heterocycles. The fraction of sp³-hybridized carbons (Fsp3) is 0.316. The van der Waals surface area contributed by atoms with Crippen LogP contribution in [-0.4, -0.2) is 47.0 Å². The highest BCUT2D eigenvalue weighted by Crippen LogP contribution is 2.30. The van der Waals surface area contributed by atoms with E-state index in [1.54, 1.807) is 13.2 Å². The first-order valence-corrected chi connectivity index (χ1v) is 9.56. The van der Waals surface area contributed by atoms with E-state index in [1.807, 2.05) is 13.0 Å². The Labute approximate surface area is 159 Å². The lowest BCUT2D eigenvalue weighted by Crippen LogP contribution is -2.22. The van der Waals surface area contributed by atoms with Gasteiger partial charge in [0.2, 0.25) is 10.0 Å². The maximum atomic E-state index is 12.3. The molecule has 2 aromatic rings. The molecule has 0 saturated carbocycles. The lowest BCUT2D eigenvalue weighted by molar-refractivity contribution is 0.0471. The van der Waals surface area contributed by atoms with Crippen molar-refractivity contribution in [1.82, 2.24) is 4.31 Å². The molecule has 0 aromatic heterocycles. The second-order valence-corrected chi connectivity index (χ2v) is 8.17. The smallest absolute Gasteiger partial charge is 0.338 e. The molecule has 0 aliphatic carbocycles. The first-order chi connectivity index (χ1) is 12.7. The van der Waals surface area contributed by atoms with Crippen molar-refractivity contribution in [2.45, 2.75) is 18.4 Å². The van der Waals surface area contributed by atoms with Gasteiger partial charge in [0, 0.05) is 14.1 Å². The van der Waals surface area contributed by atoms with E-state index in [0.29, 0.717) is 11.5 Å². The van der Waals surface area contributed by atoms with Crippen LogP contribution in [0.25, 0.3) is 0 Å². The first kappa shape index (κ1) is 20.7. The largest absolute Gasteiger partial charge is 0.493 e. The number of carbonyl (C=O) groups is 1. The summed E-state index contributed by atoms with van der Waals surface area (Å²) in [7, 11) is 2.44. The van der Waals surface area contributed by atoms with Crippen LogP contribution < -0.4 is 9.47 Å². The SMILES string of the molecule is COc1cc(C)c(COC(=O)c2ccc(S(=O)(=O)N(C)C)cc2)cc1OC. The van der Waals surface area contributed by atoms with Crippen LogP contribution in [-0.2, 0) is 21.4 Å². The van der Waals surface area contributed by atoms with Crippen molar-refractivity contribution in [2.75, 3.05) is 28.3 Å². The third-order valence-corrected chi connectivity index (χ3v) is 5.90. The molecule has 0 radical (unpaired) electrons. The third-order valence-electron chi connectivity index (χ3n) is 4.07. The minimum absolute atomic E-state index is 0.0583. The number of nitrogens with zero attached hydrogens (tertiary/aromatic N) is 1. The number of hydrogen-bond donors (Lipinski definition) is 0. The van der Waals surface area contributed by atoms with E-state index in [9.17, 15) is 13.2 Å². The molecule has 0 atom stereocenters. The van der Waals surface area contributed by atoms with Crippen LogP contribution in [0.15, 0.2) is 41.3 Å². The van der Waals surface area contributed by atoms with Crippen LogP contribution in [0, 0.1) is 6.92 Å². The highest BCUT2D eigenvalue weighted by molar-refractivity contribution is 7.89. The van der Waals surface area contributed by atoms with Crippen LogP contribution in [0.4, 0.5) is 0 Å². The van der Waals surface area contributed by atoms with Crippen LogP contribution >= 0.6 is 0 Å². The van der Waals surface area contributed by atoms with E-state index >= 15 is 0 Å². The fourth-order valence-corrected chi connectivity index (χ4v) is 3.28. The molecule has 0 N–H and O–H groups in total. The lowest BCUT2D eigenvalue weighted by Gasteiger charge is -2.13. The zero-order chi connectivity index (χ0) is 20.2. The number of rotatable bonds is 7. The van der Waals surface area contributed by atoms with Crippen molar-refractivity contribution in [1.29, 1.82) is 0 Å². The molecule has 7 nitrogen and oxygen atoms in total. The van der Waals surface area contributed by atoms with Crippen LogP contribution in [0.2, 0.25) is 0 Å². The summed E-state index contributed by atoms with van der Waals surface area (Å²) in [5.41, 5.74) is 1.95. The quantitative estimate of drug-likeness (QED) is 0.673. The molecule has 0 aliphatic rings. The summed E-state index contributed by atoms with van der Waals surface area (Å²) in [4.78, 5) is 12.4. The number of methoxy groups -OCH3 is 2. The Hall–Kier alpha value is -2.58. The summed E-state index contributed by atoms with van der Waals surface area (Å²) < 4.78 is 41.1. The molecule has 0 fully saturated rings. The summed E-state index contributed by atoms with van der Waals surface area (Å²) in [6.07, 6.45) is 0. The number of sulfonamides is 1. The third kappa shape index (κ3) is 4.58. The van der Waals surface area contributed by atoms with Crippen LogP contribution in [0.5, 0.6) is 11.5 Å². The van der Waals surface area contributed by atoms with Gasteiger partial charge in [0.05, 0.1) is 24.7 Å². The zero-order valence-electron chi connectivity index (χ0n) is 16.0. The minimum atomic E-state index is -3.54. The topological polar surface area (TPSA) is 82.1 Å². The first-order valence-electron chi connectivity index (χ1n) is 8.12. The highest BCUT2D eigenvalue weighted by atomic mass is 32.2. The van der Waals surface area contributed by atoms with Crippen molar-refractivity contribution in [3.05, 3.63) is 53.1 Å². The van der Waals surface area contributed by atoms with Gasteiger partial charge in [0.25, 0.3) is 0 Å². The Bertz CT molecular complexity index is 920. The predicted octanol–water partition coefficient (Wildman–Crippen LogP) is 2.62. The molecule has 27 heavy (non-hydrogen) atoms. The second kappa shape index (κ2) is 8.41. The summed E-state index contributed by atoms with van der Waals surface area (Å²) in [5, 5.41) is 0. The molecular formula is C19H23NO6S. The Morgan fingerprint density at radius 3 is 2.07 bits per heavy atom. The van der Waals surface area contributed by atoms with Gasteiger partial charge in [-0.3, -0.25) is 0 Å². The molecule has 0 bridgehead atoms. The summed E-state index contributed by atoms with van der Waals surface area (Å²) in [5.74, 6) is 0.605. The number of carbonyl (C=O) groups excluding carboxylic acids is 1. The van der Waals surface area contributed by atoms with Crippen molar-refractivity contribution < 1.29 is 27.4 Å². The maximum Gasteiger partial charge on any atom is 0.338 e. The van der Waals surface area contributed by atoms with Crippen molar-refractivity contribution in [3.63, 3.8) is 0 Å². The molecule has 2 aromatic carbocycles. The molecule has 8 heteroatoms. The molecule has 0 unspecified atom stereocenters. The van der Waals surface area contributed by atoms with Gasteiger partial charge in [-0.15, -0.1) is 0 Å². The standard InChI is InChI=1S/C19H23NO6S/c1-13-10-17(24-4)18(25-5)11-15(13)12-26-19(21)14-6-8-16(9-7-14)27(22,23)20(2)3/h6-11H,12H2,1-5H3. The monoisotopic (exact) mass is 393 g/mol. The van der Waals surface area contributed by atoms with Gasteiger partial charge >= 0.3 is 5.97 Å². The average molecular weight is 393 g/mol. The minimum Gasteiger partial charge on any atom is -0.493 e. The average Bonchev–Trinajstić information content (AvgIpc) is 2.66. The van der Waals surface area contributed by atoms with E-state index in [-0.39, 0.29) is 17.1 Å². The predicted molar refractivity (Wildman–Crippen MR) is 101 cm³/mol. The van der Waals surface area contributed by atoms with Crippen LogP contribution in [0.1, 0.15) is 21.5 Å². The van der Waals surface area contributed by atoms with Crippen LogP contribution in [0.3, 0.4) is 0 Å². The normalized spacial score (nSPS) is 11.3. The Morgan fingerprint density at radius 1 is 1.00 bits per heavy atom. The van der Waals surface area contributed by atoms with Crippen molar-refractivity contribution >= 4 is 16.0 Å². The van der Waals surface area contributed by atoms with Gasteiger partial charge in [0.15, 0.2) is 11.5 Å². The molecule has 0 amide bonds. The summed E-state index contributed by atoms with van der Waals surface area (Å²) in [6, 6.07) is 9.19. The van der Waals surface area contributed by atoms with E-state index in [0.717, 1.165) is 15.4 Å². The number of ether oxygens (including phenoxy) is 3. The van der Waals surface area contributed by atoms with Gasteiger partial charge in [-0.25, -0.2) is 17.5 Å². The van der Waals surface area contributed by atoms with Gasteiger partial charge in [0.1, 0.15) is 6.61 Å². The Morgan fingerprint density at radius 2 is 1.56 bits per heavy atom. The number of benzene rings is 2. The molecule has 0 heterocycles. The van der Waals surface area contributed by atoms with Gasteiger partial charge in [-0.1, -0.05) is 0 Å². The highest BCUT2D eigenvalue weighted by Gasteiger charge is 2.18. The van der Waals surface area contributed by atoms with E-state index in [1.165, 1.54) is 45.5 Å². The maximum absolute atomic E-state index is 12.3. The summed E-state index contributed by atoms with van der Waals surface area (Å²) >= 11 is 0. The van der Waals surface area contributed by atoms with Gasteiger partial charge in [-0.05, 0) is 54.4 Å². The van der Waals surface area contributed by atoms with Crippen molar-refractivity contribution in [3.8, 4) is 11.5 Å². The number of hydrogen-bond acceptors (Lipinski definition) is 6. The second-order valence-electron chi connectivity index (χ2n) is 6.02. The Kier molecular flexibility index (Phi) is 6.45.